The number of amides is 1. The fourth-order valence-corrected chi connectivity index (χ4v) is 1.50. The van der Waals surface area contributed by atoms with E-state index in [2.05, 4.69) is 5.32 Å². The number of carbonyl (C=O) groups excluding carboxylic acids is 1. The van der Waals surface area contributed by atoms with E-state index in [-0.39, 0.29) is 18.4 Å². The molecule has 2 atom stereocenters. The van der Waals surface area contributed by atoms with Gasteiger partial charge in [-0.3, -0.25) is 9.59 Å². The van der Waals surface area contributed by atoms with E-state index in [0.717, 1.165) is 0 Å². The Morgan fingerprint density at radius 3 is 2.30 bits per heavy atom. The van der Waals surface area contributed by atoms with Gasteiger partial charge in [0.2, 0.25) is 6.43 Å². The Balaban J connectivity index is 0.000000347. The van der Waals surface area contributed by atoms with Crippen molar-refractivity contribution in [2.24, 2.45) is 5.92 Å². The van der Waals surface area contributed by atoms with Crippen LogP contribution < -0.4 is 5.32 Å². The van der Waals surface area contributed by atoms with Gasteiger partial charge in [-0.05, 0) is 18.6 Å². The minimum absolute atomic E-state index is 0.222. The molecule has 1 aromatic carbocycles. The number of carboxylic acid groups (broad SMARTS) is 1. The second-order valence-electron chi connectivity index (χ2n) is 4.43. The molecule has 0 bridgehead atoms. The summed E-state index contributed by atoms with van der Waals surface area (Å²) in [6.07, 6.45) is -1.72. The summed E-state index contributed by atoms with van der Waals surface area (Å²) in [5, 5.41) is 10.3. The zero-order valence-electron chi connectivity index (χ0n) is 11.1. The number of carbonyl (C=O) groups is 2. The lowest BCUT2D eigenvalue weighted by Crippen LogP contribution is -2.27. The van der Waals surface area contributed by atoms with Crippen molar-refractivity contribution in [2.75, 3.05) is 0 Å². The highest BCUT2D eigenvalue weighted by Crippen LogP contribution is 2.36. The number of carboxylic acids is 1. The van der Waals surface area contributed by atoms with Crippen molar-refractivity contribution in [3.63, 3.8) is 0 Å². The Morgan fingerprint density at radius 1 is 1.35 bits per heavy atom. The van der Waals surface area contributed by atoms with Crippen molar-refractivity contribution < 1.29 is 23.5 Å². The Kier molecular flexibility index (Phi) is 6.09. The van der Waals surface area contributed by atoms with Gasteiger partial charge in [-0.15, -0.1) is 0 Å². The smallest absolute Gasteiger partial charge is 0.303 e. The highest BCUT2D eigenvalue weighted by atomic mass is 19.3. The Labute approximate surface area is 115 Å². The summed E-state index contributed by atoms with van der Waals surface area (Å²) in [5.41, 5.74) is 0.511. The first kappa shape index (κ1) is 16.1. The van der Waals surface area contributed by atoms with Crippen molar-refractivity contribution in [3.8, 4) is 0 Å². The van der Waals surface area contributed by atoms with E-state index in [0.29, 0.717) is 12.0 Å². The molecular weight excluding hydrogens is 268 g/mol. The first-order valence-electron chi connectivity index (χ1n) is 6.31. The van der Waals surface area contributed by atoms with E-state index in [1.165, 1.54) is 0 Å². The summed E-state index contributed by atoms with van der Waals surface area (Å²) in [6.45, 7) is 1.60. The van der Waals surface area contributed by atoms with Crippen LogP contribution in [0.25, 0.3) is 0 Å². The Bertz CT molecular complexity index is 451. The molecule has 0 spiro atoms. The standard InChI is InChI=1S/C11H11F2NO.C3H6O2/c12-10(13)8-6-9(8)14-11(15)7-4-2-1-3-5-7;1-2-3(4)5/h1-5,8-10H,6H2,(H,14,15);2H2,1H3,(H,4,5)/t8-,9+;/m0./s1. The molecule has 0 saturated heterocycles. The van der Waals surface area contributed by atoms with E-state index < -0.39 is 18.3 Å². The summed E-state index contributed by atoms with van der Waals surface area (Å²) in [5.74, 6) is -1.67. The van der Waals surface area contributed by atoms with Crippen LogP contribution in [0.2, 0.25) is 0 Å². The second kappa shape index (κ2) is 7.57. The molecule has 110 valence electrons. The monoisotopic (exact) mass is 285 g/mol. The number of nitrogens with one attached hydrogen (secondary N) is 1. The van der Waals surface area contributed by atoms with Crippen LogP contribution in [-0.4, -0.2) is 29.5 Å². The predicted octanol–water partition coefficient (Wildman–Crippen LogP) is 2.55. The van der Waals surface area contributed by atoms with Gasteiger partial charge in [0.05, 0.1) is 0 Å². The third-order valence-corrected chi connectivity index (χ3v) is 2.82. The van der Waals surface area contributed by atoms with Crippen LogP contribution in [0.3, 0.4) is 0 Å². The molecule has 2 N–H and O–H groups in total. The largest absolute Gasteiger partial charge is 0.481 e. The van der Waals surface area contributed by atoms with E-state index in [9.17, 15) is 18.4 Å². The molecule has 0 aliphatic heterocycles. The van der Waals surface area contributed by atoms with Crippen LogP contribution in [0.5, 0.6) is 0 Å². The van der Waals surface area contributed by atoms with Gasteiger partial charge in [-0.1, -0.05) is 25.1 Å². The number of hydrogen-bond donors (Lipinski definition) is 2. The molecule has 6 heteroatoms. The van der Waals surface area contributed by atoms with Crippen molar-refractivity contribution in [3.05, 3.63) is 35.9 Å². The third-order valence-electron chi connectivity index (χ3n) is 2.82. The normalized spacial score (nSPS) is 19.8. The van der Waals surface area contributed by atoms with Gasteiger partial charge >= 0.3 is 5.97 Å². The Hall–Kier alpha value is -1.98. The van der Waals surface area contributed by atoms with Crippen molar-refractivity contribution in [1.29, 1.82) is 0 Å². The van der Waals surface area contributed by atoms with E-state index in [4.69, 9.17) is 5.11 Å². The summed E-state index contributed by atoms with van der Waals surface area (Å²) in [4.78, 5) is 20.9. The minimum atomic E-state index is -2.33. The lowest BCUT2D eigenvalue weighted by molar-refractivity contribution is -0.136. The van der Waals surface area contributed by atoms with Crippen LogP contribution in [0.1, 0.15) is 30.1 Å². The maximum atomic E-state index is 12.2. The third kappa shape index (κ3) is 5.34. The van der Waals surface area contributed by atoms with Crippen molar-refractivity contribution in [2.45, 2.75) is 32.2 Å². The first-order chi connectivity index (χ1) is 9.45. The van der Waals surface area contributed by atoms with Crippen LogP contribution in [0, 0.1) is 5.92 Å². The molecule has 1 saturated carbocycles. The predicted molar refractivity (Wildman–Crippen MR) is 69.7 cm³/mol. The number of benzene rings is 1. The minimum Gasteiger partial charge on any atom is -0.481 e. The summed E-state index contributed by atoms with van der Waals surface area (Å²) in [7, 11) is 0. The van der Waals surface area contributed by atoms with Gasteiger partial charge in [0.1, 0.15) is 0 Å². The molecule has 1 aliphatic carbocycles. The topological polar surface area (TPSA) is 66.4 Å². The molecule has 20 heavy (non-hydrogen) atoms. The zero-order chi connectivity index (χ0) is 15.1. The van der Waals surface area contributed by atoms with Gasteiger partial charge in [-0.25, -0.2) is 8.78 Å². The number of alkyl halides is 2. The molecule has 4 nitrogen and oxygen atoms in total. The molecule has 0 aromatic heterocycles. The van der Waals surface area contributed by atoms with Gasteiger partial charge in [0.25, 0.3) is 5.91 Å². The fourth-order valence-electron chi connectivity index (χ4n) is 1.50. The molecular formula is C14H17F2NO3. The van der Waals surface area contributed by atoms with Gasteiger partial charge < -0.3 is 10.4 Å². The number of aliphatic carboxylic acids is 1. The molecule has 1 fully saturated rings. The molecule has 0 unspecified atom stereocenters. The molecule has 0 heterocycles. The number of rotatable bonds is 4. The van der Waals surface area contributed by atoms with Crippen molar-refractivity contribution in [1.82, 2.24) is 5.32 Å². The van der Waals surface area contributed by atoms with E-state index in [1.54, 1.807) is 37.3 Å². The Morgan fingerprint density at radius 2 is 1.90 bits per heavy atom. The molecule has 1 amide bonds. The molecule has 0 radical (unpaired) electrons. The first-order valence-corrected chi connectivity index (χ1v) is 6.31. The van der Waals surface area contributed by atoms with Crippen molar-refractivity contribution >= 4 is 11.9 Å². The SMILES string of the molecule is CCC(=O)O.O=C(N[C@@H]1C[C@@H]1C(F)F)c1ccccc1. The molecule has 1 aliphatic rings. The average molecular weight is 285 g/mol. The van der Waals surface area contributed by atoms with E-state index >= 15 is 0 Å². The molecule has 1 aromatic rings. The fraction of sp³-hybridized carbons (Fsp3) is 0.429. The molecule has 2 rings (SSSR count). The van der Waals surface area contributed by atoms with E-state index in [1.807, 2.05) is 0 Å². The van der Waals surface area contributed by atoms with Crippen LogP contribution >= 0.6 is 0 Å². The number of hydrogen-bond acceptors (Lipinski definition) is 2. The lowest BCUT2D eigenvalue weighted by Gasteiger charge is -2.03. The van der Waals surface area contributed by atoms with Crippen LogP contribution in [-0.2, 0) is 4.79 Å². The average Bonchev–Trinajstić information content (AvgIpc) is 3.20. The number of halogens is 2. The van der Waals surface area contributed by atoms with Gasteiger partial charge in [-0.2, -0.15) is 0 Å². The summed E-state index contributed by atoms with van der Waals surface area (Å²) < 4.78 is 24.3. The summed E-state index contributed by atoms with van der Waals surface area (Å²) in [6, 6.07) is 8.26. The highest BCUT2D eigenvalue weighted by molar-refractivity contribution is 5.94. The summed E-state index contributed by atoms with van der Waals surface area (Å²) >= 11 is 0. The van der Waals surface area contributed by atoms with Crippen LogP contribution in [0.15, 0.2) is 30.3 Å². The highest BCUT2D eigenvalue weighted by Gasteiger charge is 2.45. The second-order valence-corrected chi connectivity index (χ2v) is 4.43. The quantitative estimate of drug-likeness (QED) is 0.893. The van der Waals surface area contributed by atoms with Gasteiger partial charge in [0.15, 0.2) is 0 Å². The maximum absolute atomic E-state index is 12.2. The van der Waals surface area contributed by atoms with Gasteiger partial charge in [0, 0.05) is 23.9 Å². The van der Waals surface area contributed by atoms with Crippen LogP contribution in [0.4, 0.5) is 8.78 Å². The maximum Gasteiger partial charge on any atom is 0.303 e. The lowest BCUT2D eigenvalue weighted by atomic mass is 10.2. The zero-order valence-corrected chi connectivity index (χ0v) is 11.1.